The molecule has 0 aliphatic carbocycles. The van der Waals surface area contributed by atoms with Crippen molar-refractivity contribution in [3.8, 4) is 0 Å². The maximum atomic E-state index is 14.2. The molecule has 0 spiro atoms. The highest BCUT2D eigenvalue weighted by Gasteiger charge is 2.55. The van der Waals surface area contributed by atoms with E-state index in [4.69, 9.17) is 53.2 Å². The number of aliphatic hydroxyl groups excluding tert-OH is 1. The number of imide groups is 1. The molecule has 0 unspecified atom stereocenters. The Balaban J connectivity index is 0.841. The van der Waals surface area contributed by atoms with Crippen molar-refractivity contribution < 1.29 is 80.0 Å². The quantitative estimate of drug-likeness (QED) is 0.0212. The molecule has 0 aromatic carbocycles. The molecule has 30 nitrogen and oxygen atoms in total. The van der Waals surface area contributed by atoms with Crippen molar-refractivity contribution in [2.75, 3.05) is 84.0 Å². The molecule has 5 N–H and O–H groups in total. The number of nitrogens with two attached hydrogens (primary N) is 2. The van der Waals surface area contributed by atoms with Gasteiger partial charge < -0.3 is 50.1 Å². The molecule has 4 aliphatic heterocycles. The normalized spacial score (nSPS) is 27.6. The third-order valence-corrected chi connectivity index (χ3v) is 19.1. The van der Waals surface area contributed by atoms with E-state index in [1.165, 1.54) is 73.1 Å². The number of amides is 4. The van der Waals surface area contributed by atoms with Gasteiger partial charge in [0.15, 0.2) is 41.5 Å². The van der Waals surface area contributed by atoms with Crippen LogP contribution in [0.15, 0.2) is 37.5 Å². The fraction of sp³-hybridized carbons (Fsp3) is 0.595. The van der Waals surface area contributed by atoms with E-state index >= 15 is 0 Å². The Kier molecular flexibility index (Phi) is 19.4. The average molecular weight is 1210 g/mol. The first-order valence-corrected chi connectivity index (χ1v) is 31.6. The van der Waals surface area contributed by atoms with Crippen molar-refractivity contribution in [1.29, 1.82) is 0 Å². The van der Waals surface area contributed by atoms with Crippen molar-refractivity contribution in [3.05, 3.63) is 37.5 Å². The summed E-state index contributed by atoms with van der Waals surface area (Å²) in [7, 11) is 6.17. The van der Waals surface area contributed by atoms with Crippen LogP contribution < -0.4 is 11.5 Å². The molecule has 4 aromatic rings. The molecule has 4 amide bonds. The second-order valence-electron chi connectivity index (χ2n) is 18.5. The van der Waals surface area contributed by atoms with Crippen LogP contribution >= 0.6 is 59.7 Å². The van der Waals surface area contributed by atoms with Crippen molar-refractivity contribution >= 4 is 123 Å². The lowest BCUT2D eigenvalue weighted by Gasteiger charge is -2.27. The molecular weight excluding hydrogens is 1150 g/mol. The Morgan fingerprint density at radius 2 is 1.35 bits per heavy atom. The third kappa shape index (κ3) is 14.4. The summed E-state index contributed by atoms with van der Waals surface area (Å²) in [6.07, 6.45) is -4.66. The molecule has 4 aromatic heterocycles. The number of hydrogen-bond donors (Lipinski definition) is 5. The first kappa shape index (κ1) is 59.5. The molecule has 78 heavy (non-hydrogen) atoms. The molecule has 4 aliphatic rings. The maximum Gasteiger partial charge on any atom is 0.508 e. The number of anilines is 2. The summed E-state index contributed by atoms with van der Waals surface area (Å²) in [6.45, 7) is -5.66. The summed E-state index contributed by atoms with van der Waals surface area (Å²) in [5.74, 6) is -0.748. The van der Waals surface area contributed by atoms with E-state index in [-0.39, 0.29) is 90.7 Å². The lowest BCUT2D eigenvalue weighted by molar-refractivity contribution is -0.138. The topological polar surface area (TPSA) is 372 Å². The van der Waals surface area contributed by atoms with Crippen LogP contribution in [0.1, 0.15) is 45.6 Å². The summed E-state index contributed by atoms with van der Waals surface area (Å²) in [5.41, 5.74) is 12.7. The van der Waals surface area contributed by atoms with Crippen LogP contribution in [0.5, 0.6) is 0 Å². The van der Waals surface area contributed by atoms with Crippen LogP contribution in [-0.2, 0) is 70.1 Å². The zero-order chi connectivity index (χ0) is 56.1. The minimum absolute atomic E-state index is 0.0189. The molecule has 36 heteroatoms. The highest BCUT2D eigenvalue weighted by atomic mass is 33.1. The second kappa shape index (κ2) is 25.4. The number of rotatable bonds is 20. The minimum atomic E-state index is -4.55. The lowest BCUT2D eigenvalue weighted by atomic mass is 10.1. The van der Waals surface area contributed by atoms with Gasteiger partial charge in [-0.15, -0.1) is 0 Å². The van der Waals surface area contributed by atoms with E-state index in [0.29, 0.717) is 19.5 Å². The van der Waals surface area contributed by atoms with Crippen LogP contribution in [0.3, 0.4) is 0 Å². The molecule has 426 valence electrons. The van der Waals surface area contributed by atoms with Gasteiger partial charge in [-0.25, -0.2) is 43.8 Å². The molecule has 8 rings (SSSR count). The van der Waals surface area contributed by atoms with E-state index in [9.17, 15) is 38.2 Å². The first-order chi connectivity index (χ1) is 37.0. The summed E-state index contributed by atoms with van der Waals surface area (Å²) in [6, 6.07) is 0. The molecule has 10 atom stereocenters. The number of imidazole rings is 2. The van der Waals surface area contributed by atoms with Gasteiger partial charge in [0.1, 0.15) is 60.8 Å². The third-order valence-electron chi connectivity index (χ3n) is 12.5. The van der Waals surface area contributed by atoms with Crippen molar-refractivity contribution in [1.82, 2.24) is 53.7 Å². The molecule has 8 heterocycles. The van der Waals surface area contributed by atoms with Crippen LogP contribution in [0.2, 0.25) is 0 Å². The average Bonchev–Trinajstić information content (AvgIpc) is 4.28. The van der Waals surface area contributed by atoms with Crippen LogP contribution in [-0.4, -0.2) is 203 Å². The monoisotopic (exact) mass is 1210 g/mol. The summed E-state index contributed by atoms with van der Waals surface area (Å²) in [5, 5.41) is 11.5. The van der Waals surface area contributed by atoms with E-state index < -0.39 is 98.6 Å². The fourth-order valence-electron chi connectivity index (χ4n) is 8.28. The standard InChI is InChI=1S/C42H57N13O17P2S4/c1-42(2,9-7-25(56)51(3)10-11-52(4)26(57)8-13-64-14-12-53-27(58)5-6-28(53)59)78-77-16-15-65-41(61)70-34-32-24(69-40(34)55-22-50-30-36(44)46-20-48-38(30)55)18-67-74(63,76)72-33-31(60)23(17-66-73(62,75)71-32)68-39(33)54-21-49-29-35(43)45-19-47-37(29)54/h5-6,19-24,31-34,39-40,60H,7-18H2,1-4H3,(H,62,75)(H,63,76)(H2,43,45,47)(H2,44,46,48)/t23-,24-,31-,32-,33-,34-,39-,40-,73-,74-/m1/s1. The van der Waals surface area contributed by atoms with Gasteiger partial charge in [0.05, 0.1) is 52.0 Å². The number of hydrogen-bond acceptors (Lipinski definition) is 27. The lowest BCUT2D eigenvalue weighted by Crippen LogP contribution is -2.39. The number of nitrogens with zero attached hydrogens (tertiary/aromatic N) is 11. The Morgan fingerprint density at radius 3 is 1.96 bits per heavy atom. The number of aromatic nitrogens is 8. The van der Waals surface area contributed by atoms with Crippen molar-refractivity contribution in [3.63, 3.8) is 0 Å². The summed E-state index contributed by atoms with van der Waals surface area (Å²) >= 11 is 8.44. The molecular formula is C42H57N13O17P2S4. The van der Waals surface area contributed by atoms with Gasteiger partial charge in [-0.1, -0.05) is 46.1 Å². The van der Waals surface area contributed by atoms with Gasteiger partial charge in [-0.05, 0) is 20.3 Å². The van der Waals surface area contributed by atoms with Gasteiger partial charge in [0.25, 0.3) is 11.8 Å². The van der Waals surface area contributed by atoms with Gasteiger partial charge in [-0.3, -0.25) is 51.3 Å². The number of thiol groups is 2. The summed E-state index contributed by atoms with van der Waals surface area (Å²) in [4.78, 5) is 91.6. The number of aliphatic hydroxyl groups is 1. The van der Waals surface area contributed by atoms with Gasteiger partial charge in [0.2, 0.25) is 11.8 Å². The Morgan fingerprint density at radius 1 is 0.795 bits per heavy atom. The Hall–Kier alpha value is -4.67. The number of nitrogen functional groups attached to an aromatic ring is 2. The van der Waals surface area contributed by atoms with Gasteiger partial charge in [-0.2, -0.15) is 0 Å². The molecule has 2 bridgehead atoms. The highest BCUT2D eigenvalue weighted by Crippen LogP contribution is 2.60. The zero-order valence-electron chi connectivity index (χ0n) is 42.2. The highest BCUT2D eigenvalue weighted by molar-refractivity contribution is 8.77. The van der Waals surface area contributed by atoms with E-state index in [2.05, 4.69) is 54.4 Å². The second-order valence-corrected chi connectivity index (χ2v) is 27.3. The van der Waals surface area contributed by atoms with Crippen LogP contribution in [0.25, 0.3) is 22.3 Å². The van der Waals surface area contributed by atoms with E-state index in [1.807, 2.05) is 13.8 Å². The summed E-state index contributed by atoms with van der Waals surface area (Å²) < 4.78 is 83.1. The molecule has 0 radical (unpaired) electrons. The Labute approximate surface area is 463 Å². The first-order valence-electron chi connectivity index (χ1n) is 23.9. The zero-order valence-corrected chi connectivity index (χ0v) is 47.4. The van der Waals surface area contributed by atoms with E-state index in [0.717, 1.165) is 4.90 Å². The van der Waals surface area contributed by atoms with Crippen LogP contribution in [0, 0.1) is 0 Å². The number of ether oxygens (including phenoxy) is 5. The number of fused-ring (bicyclic) bond motifs is 5. The number of carbonyl (C=O) groups excluding carboxylic acids is 5. The van der Waals surface area contributed by atoms with Gasteiger partial charge >= 0.3 is 19.8 Å². The Bertz CT molecular complexity index is 2980. The smallest absolute Gasteiger partial charge is 0.433 e. The number of carbonyl (C=O) groups is 5. The minimum Gasteiger partial charge on any atom is -0.433 e. The van der Waals surface area contributed by atoms with Crippen LogP contribution in [0.4, 0.5) is 16.4 Å². The molecule has 0 saturated carbocycles. The largest absolute Gasteiger partial charge is 0.508 e. The predicted octanol–water partition coefficient (Wildman–Crippen LogP) is 2.59. The SMILES string of the molecule is CN(CCN(C)C(=O)CCC(C)(C)SSCCOC(=O)O[C@@H]1[C@@H]2O[P@](=O)(S)OC[C@H]3O[C@@H](n4cnc5c(N)ncnc54)[C@H](O[P@](=O)(S)OC[C@H]2O[C@H]1n1cnc2c(N)ncnc21)[C@@H]3O)C(=O)CCOCCN1C(=O)C=CC1=O. The van der Waals surface area contributed by atoms with Gasteiger partial charge in [0, 0.05) is 56.3 Å². The predicted molar refractivity (Wildman–Crippen MR) is 284 cm³/mol. The molecule has 3 saturated heterocycles. The number of likely N-dealkylation sites (N-methyl/N-ethyl adjacent to an activating group) is 2. The van der Waals surface area contributed by atoms with Crippen molar-refractivity contribution in [2.45, 2.75) is 86.9 Å². The maximum absolute atomic E-state index is 14.2. The van der Waals surface area contributed by atoms with E-state index in [1.54, 1.807) is 19.0 Å². The van der Waals surface area contributed by atoms with Crippen molar-refractivity contribution in [2.24, 2.45) is 0 Å². The fourth-order valence-corrected chi connectivity index (χ4v) is 13.6. The molecule has 3 fully saturated rings.